The van der Waals surface area contributed by atoms with Gasteiger partial charge in [-0.3, -0.25) is 9.59 Å². The molecule has 6 nitrogen and oxygen atoms in total. The van der Waals surface area contributed by atoms with Crippen LogP contribution in [0.4, 0.5) is 0 Å². The molecule has 2 fully saturated rings. The molecule has 1 aromatic carbocycles. The minimum atomic E-state index is -0.195. The van der Waals surface area contributed by atoms with Crippen LogP contribution in [0.3, 0.4) is 0 Å². The smallest absolute Gasteiger partial charge is 0.261 e. The van der Waals surface area contributed by atoms with E-state index >= 15 is 0 Å². The number of carbonyl (C=O) groups is 1. The van der Waals surface area contributed by atoms with Crippen LogP contribution in [-0.2, 0) is 0 Å². The number of hydrogen-bond donors (Lipinski definition) is 1. The molecule has 1 aromatic heterocycles. The van der Waals surface area contributed by atoms with Crippen LogP contribution < -0.4 is 19.5 Å². The predicted octanol–water partition coefficient (Wildman–Crippen LogP) is 3.27. The van der Waals surface area contributed by atoms with Crippen LogP contribution in [-0.4, -0.2) is 50.7 Å². The van der Waals surface area contributed by atoms with Crippen molar-refractivity contribution in [3.8, 4) is 11.5 Å². The predicted molar refractivity (Wildman–Crippen MR) is 115 cm³/mol. The summed E-state index contributed by atoms with van der Waals surface area (Å²) in [5.74, 6) is 1.25. The number of methoxy groups -OCH3 is 2. The summed E-state index contributed by atoms with van der Waals surface area (Å²) in [5, 5.41) is 4.24. The molecule has 0 radical (unpaired) electrons. The second-order valence-corrected chi connectivity index (χ2v) is 8.89. The lowest BCUT2D eigenvalue weighted by Crippen LogP contribution is -2.50. The third-order valence-corrected chi connectivity index (χ3v) is 7.16. The van der Waals surface area contributed by atoms with Crippen LogP contribution in [0.1, 0.15) is 41.8 Å². The molecule has 7 heteroatoms. The number of nitrogens with one attached hydrogen (secondary N) is 1. The molecule has 1 N–H and O–H groups in total. The average Bonchev–Trinajstić information content (AvgIpc) is 2.76. The van der Waals surface area contributed by atoms with E-state index in [1.807, 2.05) is 0 Å². The lowest BCUT2D eigenvalue weighted by Gasteiger charge is -2.44. The van der Waals surface area contributed by atoms with Crippen molar-refractivity contribution >= 4 is 28.0 Å². The first kappa shape index (κ1) is 20.2. The molecule has 0 unspecified atom stereocenters. The van der Waals surface area contributed by atoms with Gasteiger partial charge in [-0.1, -0.05) is 23.8 Å². The molecule has 2 aliphatic heterocycles. The summed E-state index contributed by atoms with van der Waals surface area (Å²) < 4.78 is 10.5. The first-order valence-electron chi connectivity index (χ1n) is 10.3. The molecule has 2 atom stereocenters. The minimum absolute atomic E-state index is 0.170. The third-order valence-electron chi connectivity index (χ3n) is 6.25. The third kappa shape index (κ3) is 3.98. The topological polar surface area (TPSA) is 67.9 Å². The number of piperidine rings is 2. The Bertz CT molecular complexity index is 956. The van der Waals surface area contributed by atoms with Gasteiger partial charge in [0.1, 0.15) is 0 Å². The zero-order chi connectivity index (χ0) is 20.4. The van der Waals surface area contributed by atoms with Crippen LogP contribution in [0.25, 0.3) is 10.8 Å². The molecule has 0 bridgehead atoms. The summed E-state index contributed by atoms with van der Waals surface area (Å²) in [6.45, 7) is 3.05. The van der Waals surface area contributed by atoms with Crippen molar-refractivity contribution in [3.63, 3.8) is 0 Å². The minimum Gasteiger partial charge on any atom is -0.493 e. The van der Waals surface area contributed by atoms with Gasteiger partial charge in [-0.15, -0.1) is 0 Å². The Morgan fingerprint density at radius 3 is 2.79 bits per heavy atom. The van der Waals surface area contributed by atoms with Gasteiger partial charge in [0.05, 0.1) is 24.5 Å². The van der Waals surface area contributed by atoms with Gasteiger partial charge in [-0.2, -0.15) is 0 Å². The van der Waals surface area contributed by atoms with E-state index in [2.05, 4.69) is 10.2 Å². The van der Waals surface area contributed by atoms with E-state index in [1.54, 1.807) is 18.2 Å². The van der Waals surface area contributed by atoms with Gasteiger partial charge < -0.3 is 19.7 Å². The molecule has 29 heavy (non-hydrogen) atoms. The van der Waals surface area contributed by atoms with Crippen molar-refractivity contribution in [3.05, 3.63) is 32.6 Å². The van der Waals surface area contributed by atoms with Crippen molar-refractivity contribution < 1.29 is 14.3 Å². The van der Waals surface area contributed by atoms with E-state index in [-0.39, 0.29) is 10.6 Å². The standard InChI is InChI=1S/C22H28N2O4S/c1-27-17-9-8-14-12-18(29-22(26)19(14)20(17)28-2)21(25)23-13-15-6-5-11-24-10-4-3-7-16(15)24/h8-9,12,15-16H,3-7,10-11,13H2,1-2H3,(H,23,25)/t15-,16+/m0/s1. The number of ether oxygens (including phenoxy) is 2. The zero-order valence-electron chi connectivity index (χ0n) is 17.0. The lowest BCUT2D eigenvalue weighted by molar-refractivity contribution is 0.0576. The molecule has 2 aromatic rings. The van der Waals surface area contributed by atoms with Crippen LogP contribution in [0.2, 0.25) is 0 Å². The summed E-state index contributed by atoms with van der Waals surface area (Å²) in [6, 6.07) is 5.91. The molecule has 1 amide bonds. The van der Waals surface area contributed by atoms with Gasteiger partial charge in [-0.05, 0) is 62.2 Å². The Morgan fingerprint density at radius 2 is 2.00 bits per heavy atom. The Labute approximate surface area is 174 Å². The summed E-state index contributed by atoms with van der Waals surface area (Å²) in [6.07, 6.45) is 6.15. The fourth-order valence-corrected chi connectivity index (χ4v) is 5.70. The Kier molecular flexibility index (Phi) is 6.06. The van der Waals surface area contributed by atoms with Crippen molar-refractivity contribution in [2.45, 2.75) is 38.1 Å². The lowest BCUT2D eigenvalue weighted by atomic mass is 9.83. The molecule has 0 aliphatic carbocycles. The molecular weight excluding hydrogens is 388 g/mol. The van der Waals surface area contributed by atoms with E-state index in [0.29, 0.717) is 45.7 Å². The van der Waals surface area contributed by atoms with Crippen molar-refractivity contribution in [2.24, 2.45) is 5.92 Å². The molecule has 4 rings (SSSR count). The van der Waals surface area contributed by atoms with E-state index in [1.165, 1.54) is 53.0 Å². The van der Waals surface area contributed by atoms with E-state index in [9.17, 15) is 9.59 Å². The van der Waals surface area contributed by atoms with Crippen LogP contribution in [0.5, 0.6) is 11.5 Å². The quantitative estimate of drug-likeness (QED) is 0.810. The second kappa shape index (κ2) is 8.71. The van der Waals surface area contributed by atoms with Crippen molar-refractivity contribution in [2.75, 3.05) is 33.9 Å². The van der Waals surface area contributed by atoms with Gasteiger partial charge in [0.15, 0.2) is 11.5 Å². The number of hydrogen-bond acceptors (Lipinski definition) is 6. The Balaban J connectivity index is 1.52. The highest BCUT2D eigenvalue weighted by Gasteiger charge is 2.33. The molecule has 2 aliphatic rings. The fraction of sp³-hybridized carbons (Fsp3) is 0.545. The highest BCUT2D eigenvalue weighted by Crippen LogP contribution is 2.34. The van der Waals surface area contributed by atoms with Crippen molar-refractivity contribution in [1.29, 1.82) is 0 Å². The summed E-state index contributed by atoms with van der Waals surface area (Å²) in [4.78, 5) is 28.6. The van der Waals surface area contributed by atoms with E-state index in [0.717, 1.165) is 17.8 Å². The first-order valence-corrected chi connectivity index (χ1v) is 11.1. The molecule has 156 valence electrons. The molecule has 3 heterocycles. The van der Waals surface area contributed by atoms with Crippen LogP contribution >= 0.6 is 11.3 Å². The summed E-state index contributed by atoms with van der Waals surface area (Å²) in [7, 11) is 3.05. The zero-order valence-corrected chi connectivity index (χ0v) is 17.8. The fourth-order valence-electron chi connectivity index (χ4n) is 4.83. The largest absolute Gasteiger partial charge is 0.493 e. The van der Waals surface area contributed by atoms with Gasteiger partial charge >= 0.3 is 0 Å². The van der Waals surface area contributed by atoms with Crippen molar-refractivity contribution in [1.82, 2.24) is 10.2 Å². The summed E-state index contributed by atoms with van der Waals surface area (Å²) >= 11 is 0.959. The highest BCUT2D eigenvalue weighted by molar-refractivity contribution is 7.12. The number of amides is 1. The maximum atomic E-state index is 12.8. The maximum Gasteiger partial charge on any atom is 0.261 e. The number of benzene rings is 1. The van der Waals surface area contributed by atoms with Crippen LogP contribution in [0.15, 0.2) is 23.0 Å². The van der Waals surface area contributed by atoms with Gasteiger partial charge in [-0.25, -0.2) is 0 Å². The monoisotopic (exact) mass is 416 g/mol. The Morgan fingerprint density at radius 1 is 1.17 bits per heavy atom. The molecule has 2 saturated heterocycles. The number of nitrogens with zero attached hydrogens (tertiary/aromatic N) is 1. The SMILES string of the molecule is COc1ccc2cc(C(=O)NC[C@@H]3CCCN4CCCC[C@H]34)sc(=O)c2c1OC. The van der Waals surface area contributed by atoms with Gasteiger partial charge in [0.2, 0.25) is 4.74 Å². The number of carbonyl (C=O) groups excluding carboxylic acids is 1. The molecule has 0 spiro atoms. The highest BCUT2D eigenvalue weighted by atomic mass is 32.1. The maximum absolute atomic E-state index is 12.8. The number of fused-ring (bicyclic) bond motifs is 2. The second-order valence-electron chi connectivity index (χ2n) is 7.87. The Hall–Kier alpha value is -2.12. The first-order chi connectivity index (χ1) is 14.1. The molecule has 0 saturated carbocycles. The average molecular weight is 417 g/mol. The van der Waals surface area contributed by atoms with E-state index in [4.69, 9.17) is 9.47 Å². The normalized spacial score (nSPS) is 22.1. The molecular formula is C22H28N2O4S. The number of rotatable bonds is 5. The van der Waals surface area contributed by atoms with E-state index < -0.39 is 0 Å². The van der Waals surface area contributed by atoms with Gasteiger partial charge in [0.25, 0.3) is 5.91 Å². The van der Waals surface area contributed by atoms with Crippen LogP contribution in [0, 0.1) is 5.92 Å². The van der Waals surface area contributed by atoms with Gasteiger partial charge in [0, 0.05) is 12.6 Å². The summed E-state index contributed by atoms with van der Waals surface area (Å²) in [5.41, 5.74) is 0.